The lowest BCUT2D eigenvalue weighted by Crippen LogP contribution is -2.22. The number of rotatable bonds is 7. The summed E-state index contributed by atoms with van der Waals surface area (Å²) in [6.45, 7) is -0.0134. The molecule has 3 rings (SSSR count). The summed E-state index contributed by atoms with van der Waals surface area (Å²) in [7, 11) is -3.63. The maximum absolute atomic E-state index is 12.2. The van der Waals surface area contributed by atoms with E-state index in [-0.39, 0.29) is 17.3 Å². The van der Waals surface area contributed by atoms with E-state index in [1.807, 2.05) is 0 Å². The number of carbonyl (C=O) groups is 1. The molecular weight excluding hydrogens is 435 g/mol. The van der Waals surface area contributed by atoms with Crippen LogP contribution in [-0.4, -0.2) is 14.3 Å². The number of halogens is 2. The standard InChI is InChI=1S/C20H16Cl2N2O4S/c21-18-10-6-14(12-19(18)22)24-20(25)11-9-15-7-8-16(28-15)13-23-29(26,27)17-4-2-1-3-5-17/h1-12,23H,13H2,(H,24,25)/b11-9+. The van der Waals surface area contributed by atoms with Gasteiger partial charge >= 0.3 is 0 Å². The molecule has 0 saturated carbocycles. The molecule has 3 aromatic rings. The Morgan fingerprint density at radius 3 is 2.48 bits per heavy atom. The molecule has 6 nitrogen and oxygen atoms in total. The van der Waals surface area contributed by atoms with Crippen LogP contribution in [0.1, 0.15) is 11.5 Å². The van der Waals surface area contributed by atoms with Crippen molar-refractivity contribution in [3.8, 4) is 0 Å². The van der Waals surface area contributed by atoms with Gasteiger partial charge in [0.05, 0.1) is 21.5 Å². The van der Waals surface area contributed by atoms with Gasteiger partial charge in [-0.05, 0) is 48.5 Å². The molecule has 0 aliphatic heterocycles. The Bertz CT molecular complexity index is 1140. The second-order valence-corrected chi connectivity index (χ2v) is 8.47. The number of benzene rings is 2. The van der Waals surface area contributed by atoms with Crippen molar-refractivity contribution < 1.29 is 17.6 Å². The molecule has 150 valence electrons. The van der Waals surface area contributed by atoms with Crippen LogP contribution in [-0.2, 0) is 21.4 Å². The smallest absolute Gasteiger partial charge is 0.248 e. The number of nitrogens with one attached hydrogen (secondary N) is 2. The highest BCUT2D eigenvalue weighted by Crippen LogP contribution is 2.25. The summed E-state index contributed by atoms with van der Waals surface area (Å²) in [5.41, 5.74) is 0.504. The van der Waals surface area contributed by atoms with E-state index in [1.165, 1.54) is 24.3 Å². The Morgan fingerprint density at radius 2 is 1.76 bits per heavy atom. The monoisotopic (exact) mass is 450 g/mol. The molecule has 0 fully saturated rings. The van der Waals surface area contributed by atoms with Crippen molar-refractivity contribution in [3.05, 3.63) is 88.3 Å². The minimum Gasteiger partial charge on any atom is -0.460 e. The Labute approximate surface area is 178 Å². The van der Waals surface area contributed by atoms with E-state index in [0.717, 1.165) is 0 Å². The van der Waals surface area contributed by atoms with E-state index in [9.17, 15) is 13.2 Å². The van der Waals surface area contributed by atoms with Gasteiger partial charge in [-0.3, -0.25) is 4.79 Å². The first-order valence-electron chi connectivity index (χ1n) is 8.41. The van der Waals surface area contributed by atoms with Gasteiger partial charge in [-0.15, -0.1) is 0 Å². The minimum atomic E-state index is -3.63. The van der Waals surface area contributed by atoms with E-state index in [0.29, 0.717) is 27.3 Å². The molecule has 2 N–H and O–H groups in total. The zero-order valence-electron chi connectivity index (χ0n) is 14.9. The molecule has 1 heterocycles. The number of furan rings is 1. The third kappa shape index (κ3) is 5.95. The number of anilines is 1. The first-order chi connectivity index (χ1) is 13.8. The van der Waals surface area contributed by atoms with Crippen LogP contribution in [0.4, 0.5) is 5.69 Å². The van der Waals surface area contributed by atoms with Gasteiger partial charge in [0, 0.05) is 11.8 Å². The number of hydrogen-bond donors (Lipinski definition) is 2. The van der Waals surface area contributed by atoms with Crippen LogP contribution in [0.5, 0.6) is 0 Å². The minimum absolute atomic E-state index is 0.0134. The molecule has 0 unspecified atom stereocenters. The molecule has 9 heteroatoms. The van der Waals surface area contributed by atoms with E-state index in [4.69, 9.17) is 27.6 Å². The van der Waals surface area contributed by atoms with Crippen LogP contribution in [0.25, 0.3) is 6.08 Å². The highest BCUT2D eigenvalue weighted by Gasteiger charge is 2.13. The van der Waals surface area contributed by atoms with Gasteiger partial charge in [-0.1, -0.05) is 41.4 Å². The molecule has 0 aliphatic carbocycles. The van der Waals surface area contributed by atoms with Crippen LogP contribution >= 0.6 is 23.2 Å². The van der Waals surface area contributed by atoms with E-state index < -0.39 is 10.0 Å². The van der Waals surface area contributed by atoms with Gasteiger partial charge < -0.3 is 9.73 Å². The second kappa shape index (κ2) is 9.28. The lowest BCUT2D eigenvalue weighted by Gasteiger charge is -2.04. The van der Waals surface area contributed by atoms with Crippen LogP contribution in [0.15, 0.2) is 76.1 Å². The number of hydrogen-bond acceptors (Lipinski definition) is 4. The SMILES string of the molecule is O=C(/C=C/c1ccc(CNS(=O)(=O)c2ccccc2)o1)Nc1ccc(Cl)c(Cl)c1. The third-order valence-electron chi connectivity index (χ3n) is 3.76. The molecule has 0 spiro atoms. The Hall–Kier alpha value is -2.58. The van der Waals surface area contributed by atoms with Gasteiger partial charge in [0.1, 0.15) is 11.5 Å². The molecule has 0 bridgehead atoms. The molecule has 0 radical (unpaired) electrons. The van der Waals surface area contributed by atoms with Gasteiger partial charge in [0.15, 0.2) is 0 Å². The van der Waals surface area contributed by atoms with Crippen molar-refractivity contribution in [2.75, 3.05) is 5.32 Å². The molecule has 29 heavy (non-hydrogen) atoms. The Kier molecular flexibility index (Phi) is 6.76. The zero-order valence-corrected chi connectivity index (χ0v) is 17.3. The van der Waals surface area contributed by atoms with Crippen molar-refractivity contribution in [1.29, 1.82) is 0 Å². The van der Waals surface area contributed by atoms with Gasteiger partial charge in [0.2, 0.25) is 15.9 Å². The summed E-state index contributed by atoms with van der Waals surface area (Å²) >= 11 is 11.7. The Morgan fingerprint density at radius 1 is 1.00 bits per heavy atom. The average Bonchev–Trinajstić information content (AvgIpc) is 3.16. The van der Waals surface area contributed by atoms with Crippen molar-refractivity contribution in [2.24, 2.45) is 0 Å². The first-order valence-corrected chi connectivity index (χ1v) is 10.6. The largest absolute Gasteiger partial charge is 0.460 e. The summed E-state index contributed by atoms with van der Waals surface area (Å²) in [6, 6.07) is 16.1. The van der Waals surface area contributed by atoms with Gasteiger partial charge in [-0.2, -0.15) is 0 Å². The van der Waals surface area contributed by atoms with Crippen LogP contribution in [0, 0.1) is 0 Å². The van der Waals surface area contributed by atoms with Crippen LogP contribution < -0.4 is 10.0 Å². The van der Waals surface area contributed by atoms with Gasteiger partial charge in [-0.25, -0.2) is 13.1 Å². The van der Waals surface area contributed by atoms with Crippen molar-refractivity contribution in [2.45, 2.75) is 11.4 Å². The summed E-state index contributed by atoms with van der Waals surface area (Å²) < 4.78 is 32.4. The second-order valence-electron chi connectivity index (χ2n) is 5.89. The molecule has 2 aromatic carbocycles. The molecule has 1 aromatic heterocycles. The average molecular weight is 451 g/mol. The predicted octanol–water partition coefficient (Wildman–Crippen LogP) is 4.72. The maximum Gasteiger partial charge on any atom is 0.248 e. The number of sulfonamides is 1. The van der Waals surface area contributed by atoms with Crippen molar-refractivity contribution in [1.82, 2.24) is 4.72 Å². The molecule has 0 aliphatic rings. The summed E-state index contributed by atoms with van der Waals surface area (Å²) in [4.78, 5) is 12.2. The number of carbonyl (C=O) groups excluding carboxylic acids is 1. The van der Waals surface area contributed by atoms with Crippen LogP contribution in [0.2, 0.25) is 10.0 Å². The topological polar surface area (TPSA) is 88.4 Å². The number of amides is 1. The highest BCUT2D eigenvalue weighted by atomic mass is 35.5. The summed E-state index contributed by atoms with van der Waals surface area (Å²) in [6.07, 6.45) is 2.77. The third-order valence-corrected chi connectivity index (χ3v) is 5.91. The quantitative estimate of drug-likeness (QED) is 0.509. The molecular formula is C20H16Cl2N2O4S. The fourth-order valence-corrected chi connectivity index (χ4v) is 3.66. The fourth-order valence-electron chi connectivity index (χ4n) is 2.34. The fraction of sp³-hybridized carbons (Fsp3) is 0.0500. The van der Waals surface area contributed by atoms with E-state index in [1.54, 1.807) is 48.5 Å². The molecule has 0 atom stereocenters. The molecule has 1 amide bonds. The normalized spacial score (nSPS) is 11.7. The summed E-state index contributed by atoms with van der Waals surface area (Å²) in [5, 5.41) is 3.38. The highest BCUT2D eigenvalue weighted by molar-refractivity contribution is 7.89. The lowest BCUT2D eigenvalue weighted by atomic mass is 10.3. The Balaban J connectivity index is 1.57. The summed E-state index contributed by atoms with van der Waals surface area (Å²) in [5.74, 6) is 0.434. The van der Waals surface area contributed by atoms with Crippen molar-refractivity contribution >= 4 is 50.9 Å². The van der Waals surface area contributed by atoms with E-state index >= 15 is 0 Å². The maximum atomic E-state index is 12.2. The van der Waals surface area contributed by atoms with Crippen LogP contribution in [0.3, 0.4) is 0 Å². The first kappa shape index (κ1) is 21.1. The van der Waals surface area contributed by atoms with Gasteiger partial charge in [0.25, 0.3) is 0 Å². The molecule has 0 saturated heterocycles. The predicted molar refractivity (Wildman–Crippen MR) is 113 cm³/mol. The van der Waals surface area contributed by atoms with E-state index in [2.05, 4.69) is 10.0 Å². The van der Waals surface area contributed by atoms with Crippen molar-refractivity contribution in [3.63, 3.8) is 0 Å². The lowest BCUT2D eigenvalue weighted by molar-refractivity contribution is -0.111. The zero-order chi connectivity index (χ0) is 20.9.